The Morgan fingerprint density at radius 3 is 2.84 bits per heavy atom. The van der Waals surface area contributed by atoms with E-state index in [0.29, 0.717) is 23.2 Å². The van der Waals surface area contributed by atoms with Crippen LogP contribution in [0.15, 0.2) is 16.6 Å². The normalized spacial score (nSPS) is 14.5. The topological polar surface area (TPSA) is 55.6 Å². The second-order valence-corrected chi connectivity index (χ2v) is 5.43. The third-order valence-corrected chi connectivity index (χ3v) is 3.76. The molecular formula is C13H16BrFN2O2. The summed E-state index contributed by atoms with van der Waals surface area (Å²) in [6.45, 7) is 1.01. The number of hydrogen-bond acceptors (Lipinski definition) is 3. The zero-order valence-corrected chi connectivity index (χ0v) is 12.2. The van der Waals surface area contributed by atoms with Crippen LogP contribution in [0.4, 0.5) is 10.1 Å². The van der Waals surface area contributed by atoms with E-state index in [2.05, 4.69) is 15.9 Å². The monoisotopic (exact) mass is 330 g/mol. The number of benzene rings is 1. The Kier molecular flexibility index (Phi) is 4.42. The van der Waals surface area contributed by atoms with Gasteiger partial charge < -0.3 is 15.4 Å². The lowest BCUT2D eigenvalue weighted by molar-refractivity contribution is 0.0679. The van der Waals surface area contributed by atoms with Gasteiger partial charge in [-0.2, -0.15) is 0 Å². The molecule has 1 aromatic rings. The summed E-state index contributed by atoms with van der Waals surface area (Å²) in [6, 6.07) is 2.87. The van der Waals surface area contributed by atoms with Crippen LogP contribution in [0, 0.1) is 5.82 Å². The van der Waals surface area contributed by atoms with Gasteiger partial charge in [0.1, 0.15) is 5.82 Å². The molecule has 6 heteroatoms. The molecule has 1 fully saturated rings. The summed E-state index contributed by atoms with van der Waals surface area (Å²) in [5, 5.41) is 0. The highest BCUT2D eigenvalue weighted by atomic mass is 79.9. The van der Waals surface area contributed by atoms with Crippen LogP contribution in [0.2, 0.25) is 0 Å². The standard InChI is InChI=1S/C13H16BrFN2O2/c1-19-5-4-17(8-2-3-8)13(18)9-6-12(16)11(15)7-10(9)14/h6-8H,2-5,16H2,1H3. The molecule has 104 valence electrons. The maximum Gasteiger partial charge on any atom is 0.255 e. The fourth-order valence-corrected chi connectivity index (χ4v) is 2.40. The van der Waals surface area contributed by atoms with E-state index < -0.39 is 5.82 Å². The molecule has 0 spiro atoms. The zero-order valence-electron chi connectivity index (χ0n) is 10.7. The molecule has 0 radical (unpaired) electrons. The predicted octanol–water partition coefficient (Wildman–Crippen LogP) is 2.42. The Balaban J connectivity index is 2.23. The largest absolute Gasteiger partial charge is 0.396 e. The predicted molar refractivity (Wildman–Crippen MR) is 74.4 cm³/mol. The first-order chi connectivity index (χ1) is 9.04. The smallest absolute Gasteiger partial charge is 0.255 e. The molecule has 1 aliphatic rings. The molecule has 2 rings (SSSR count). The molecule has 0 bridgehead atoms. The minimum Gasteiger partial charge on any atom is -0.396 e. The average Bonchev–Trinajstić information content (AvgIpc) is 3.18. The molecule has 4 nitrogen and oxygen atoms in total. The lowest BCUT2D eigenvalue weighted by atomic mass is 10.1. The van der Waals surface area contributed by atoms with Crippen LogP contribution in [0.1, 0.15) is 23.2 Å². The van der Waals surface area contributed by atoms with E-state index in [1.807, 2.05) is 0 Å². The number of carbonyl (C=O) groups is 1. The number of hydrogen-bond donors (Lipinski definition) is 1. The van der Waals surface area contributed by atoms with Crippen LogP contribution in [-0.4, -0.2) is 37.1 Å². The number of nitrogens with two attached hydrogens (primary N) is 1. The first kappa shape index (κ1) is 14.3. The van der Waals surface area contributed by atoms with Crippen LogP contribution in [-0.2, 0) is 4.74 Å². The number of carbonyl (C=O) groups excluding carboxylic acids is 1. The minimum atomic E-state index is -0.529. The Morgan fingerprint density at radius 1 is 1.58 bits per heavy atom. The third kappa shape index (κ3) is 3.25. The number of amides is 1. The van der Waals surface area contributed by atoms with Crippen LogP contribution in [0.5, 0.6) is 0 Å². The van der Waals surface area contributed by atoms with E-state index >= 15 is 0 Å². The van der Waals surface area contributed by atoms with Gasteiger partial charge in [0.25, 0.3) is 5.91 Å². The SMILES string of the molecule is COCCN(C(=O)c1cc(N)c(F)cc1Br)C1CC1. The van der Waals surface area contributed by atoms with E-state index in [9.17, 15) is 9.18 Å². The van der Waals surface area contributed by atoms with Gasteiger partial charge in [0.05, 0.1) is 17.9 Å². The Hall–Kier alpha value is -1.14. The molecule has 0 heterocycles. The maximum atomic E-state index is 13.3. The molecule has 1 aliphatic carbocycles. The number of nitrogen functional groups attached to an aromatic ring is 1. The highest BCUT2D eigenvalue weighted by Gasteiger charge is 2.33. The minimum absolute atomic E-state index is 0.0194. The van der Waals surface area contributed by atoms with E-state index in [0.717, 1.165) is 12.8 Å². The van der Waals surface area contributed by atoms with E-state index in [-0.39, 0.29) is 17.6 Å². The summed E-state index contributed by atoms with van der Waals surface area (Å²) in [7, 11) is 1.60. The molecule has 0 aromatic heterocycles. The van der Waals surface area contributed by atoms with E-state index in [1.165, 1.54) is 12.1 Å². The molecule has 2 N–H and O–H groups in total. The van der Waals surface area contributed by atoms with Crippen molar-refractivity contribution in [2.45, 2.75) is 18.9 Å². The summed E-state index contributed by atoms with van der Waals surface area (Å²) >= 11 is 3.21. The van der Waals surface area contributed by atoms with Crippen molar-refractivity contribution >= 4 is 27.5 Å². The molecule has 0 atom stereocenters. The maximum absolute atomic E-state index is 13.3. The lowest BCUT2D eigenvalue weighted by Crippen LogP contribution is -2.36. The Labute approximate surface area is 119 Å². The summed E-state index contributed by atoms with van der Waals surface area (Å²) < 4.78 is 18.7. The summed E-state index contributed by atoms with van der Waals surface area (Å²) in [5.74, 6) is -0.670. The van der Waals surface area contributed by atoms with Gasteiger partial charge in [-0.05, 0) is 40.9 Å². The number of halogens is 2. The first-order valence-electron chi connectivity index (χ1n) is 6.09. The molecular weight excluding hydrogens is 315 g/mol. The quantitative estimate of drug-likeness (QED) is 0.843. The Morgan fingerprint density at radius 2 is 2.26 bits per heavy atom. The molecule has 19 heavy (non-hydrogen) atoms. The van der Waals surface area contributed by atoms with Gasteiger partial charge in [0, 0.05) is 24.2 Å². The van der Waals surface area contributed by atoms with Crippen molar-refractivity contribution < 1.29 is 13.9 Å². The zero-order chi connectivity index (χ0) is 14.0. The van der Waals surface area contributed by atoms with Crippen molar-refractivity contribution in [3.05, 3.63) is 28.0 Å². The summed E-state index contributed by atoms with van der Waals surface area (Å²) in [6.07, 6.45) is 2.01. The third-order valence-electron chi connectivity index (χ3n) is 3.10. The van der Waals surface area contributed by atoms with Crippen LogP contribution in [0.25, 0.3) is 0 Å². The van der Waals surface area contributed by atoms with E-state index in [1.54, 1.807) is 12.0 Å². The second-order valence-electron chi connectivity index (χ2n) is 4.58. The number of nitrogens with zero attached hydrogens (tertiary/aromatic N) is 1. The van der Waals surface area contributed by atoms with Crippen molar-refractivity contribution in [1.29, 1.82) is 0 Å². The molecule has 0 aliphatic heterocycles. The van der Waals surface area contributed by atoms with Crippen molar-refractivity contribution in [2.75, 3.05) is 26.0 Å². The van der Waals surface area contributed by atoms with Crippen molar-refractivity contribution in [2.24, 2.45) is 0 Å². The van der Waals surface area contributed by atoms with E-state index in [4.69, 9.17) is 10.5 Å². The van der Waals surface area contributed by atoms with Crippen LogP contribution >= 0.6 is 15.9 Å². The Bertz CT molecular complexity index is 492. The van der Waals surface area contributed by atoms with Gasteiger partial charge in [-0.25, -0.2) is 4.39 Å². The summed E-state index contributed by atoms with van der Waals surface area (Å²) in [5.41, 5.74) is 5.90. The average molecular weight is 331 g/mol. The lowest BCUT2D eigenvalue weighted by Gasteiger charge is -2.23. The molecule has 1 saturated carbocycles. The van der Waals surface area contributed by atoms with Crippen molar-refractivity contribution in [3.8, 4) is 0 Å². The molecule has 1 aromatic carbocycles. The van der Waals surface area contributed by atoms with Crippen LogP contribution < -0.4 is 5.73 Å². The molecule has 0 unspecified atom stereocenters. The fraction of sp³-hybridized carbons (Fsp3) is 0.462. The number of rotatable bonds is 5. The molecule has 0 saturated heterocycles. The van der Waals surface area contributed by atoms with Gasteiger partial charge in [-0.1, -0.05) is 0 Å². The number of ether oxygens (including phenoxy) is 1. The summed E-state index contributed by atoms with van der Waals surface area (Å²) in [4.78, 5) is 14.2. The molecule has 1 amide bonds. The van der Waals surface area contributed by atoms with Gasteiger partial charge in [0.2, 0.25) is 0 Å². The van der Waals surface area contributed by atoms with Gasteiger partial charge in [0.15, 0.2) is 0 Å². The highest BCUT2D eigenvalue weighted by molar-refractivity contribution is 9.10. The van der Waals surface area contributed by atoms with Crippen molar-refractivity contribution in [3.63, 3.8) is 0 Å². The number of anilines is 1. The fourth-order valence-electron chi connectivity index (χ4n) is 1.91. The highest BCUT2D eigenvalue weighted by Crippen LogP contribution is 2.31. The van der Waals surface area contributed by atoms with Crippen LogP contribution in [0.3, 0.4) is 0 Å². The van der Waals surface area contributed by atoms with Crippen molar-refractivity contribution in [1.82, 2.24) is 4.90 Å². The first-order valence-corrected chi connectivity index (χ1v) is 6.88. The van der Waals surface area contributed by atoms with Gasteiger partial charge in [-0.3, -0.25) is 4.79 Å². The van der Waals surface area contributed by atoms with Gasteiger partial charge >= 0.3 is 0 Å². The second kappa shape index (κ2) is 5.88. The van der Waals surface area contributed by atoms with Gasteiger partial charge in [-0.15, -0.1) is 0 Å². The number of methoxy groups -OCH3 is 1.